The van der Waals surface area contributed by atoms with E-state index in [4.69, 9.17) is 0 Å². The van der Waals surface area contributed by atoms with Crippen molar-refractivity contribution in [1.82, 2.24) is 4.57 Å². The third kappa shape index (κ3) is 6.74. The highest BCUT2D eigenvalue weighted by Crippen LogP contribution is 2.61. The van der Waals surface area contributed by atoms with Gasteiger partial charge in [0.2, 0.25) is 0 Å². The Hall–Kier alpha value is -7.42. The van der Waals surface area contributed by atoms with E-state index in [-0.39, 0.29) is 5.41 Å². The molecule has 2 nitrogen and oxygen atoms in total. The summed E-state index contributed by atoms with van der Waals surface area (Å²) >= 11 is 0. The molecule has 4 saturated carbocycles. The zero-order chi connectivity index (χ0) is 47.6. The van der Waals surface area contributed by atoms with Crippen LogP contribution in [0.15, 0.2) is 200 Å². The van der Waals surface area contributed by atoms with Crippen molar-refractivity contribution in [3.63, 3.8) is 0 Å². The van der Waals surface area contributed by atoms with Crippen molar-refractivity contribution in [2.24, 2.45) is 17.8 Å². The highest BCUT2D eigenvalue weighted by atomic mass is 15.2. The van der Waals surface area contributed by atoms with Gasteiger partial charge < -0.3 is 9.47 Å². The van der Waals surface area contributed by atoms with Crippen molar-refractivity contribution in [2.45, 2.75) is 77.0 Å². The Bertz CT molecular complexity index is 3610. The molecule has 2 heteroatoms. The first-order chi connectivity index (χ1) is 34.7. The summed E-state index contributed by atoms with van der Waals surface area (Å²) in [5, 5.41) is 2.53. The predicted molar refractivity (Wildman–Crippen MR) is 299 cm³/mol. The van der Waals surface area contributed by atoms with Crippen LogP contribution in [0.25, 0.3) is 72.0 Å². The highest BCUT2D eigenvalue weighted by molar-refractivity contribution is 6.09. The molecule has 5 aliphatic rings. The topological polar surface area (TPSA) is 8.17 Å². The molecule has 10 aromatic rings. The molecule has 0 unspecified atom stereocenters. The molecule has 5 aliphatic carbocycles. The molecule has 15 rings (SSSR count). The third-order valence-electron chi connectivity index (χ3n) is 17.8. The van der Waals surface area contributed by atoms with Crippen LogP contribution in [0.2, 0.25) is 0 Å². The van der Waals surface area contributed by atoms with Gasteiger partial charge in [-0.2, -0.15) is 0 Å². The molecule has 0 N–H and O–H groups in total. The van der Waals surface area contributed by atoms with Gasteiger partial charge in [-0.05, 0) is 203 Å². The average molecular weight is 917 g/mol. The van der Waals surface area contributed by atoms with Gasteiger partial charge in [-0.15, -0.1) is 0 Å². The lowest BCUT2D eigenvalue weighted by Crippen LogP contribution is -2.48. The number of aryl methyl sites for hydroxylation is 2. The number of benzene rings is 9. The second kappa shape index (κ2) is 16.1. The van der Waals surface area contributed by atoms with E-state index in [9.17, 15) is 0 Å². The van der Waals surface area contributed by atoms with Crippen molar-refractivity contribution in [1.29, 1.82) is 0 Å². The first kappa shape index (κ1) is 42.5. The lowest BCUT2D eigenvalue weighted by Gasteiger charge is -2.57. The minimum Gasteiger partial charge on any atom is -0.309 e. The third-order valence-corrected chi connectivity index (χ3v) is 17.8. The molecule has 4 fully saturated rings. The standard InChI is InChI=1S/C69H60N2/c1-44-33-53(50-23-26-54(27-24-50)69-41-46-35-47(42-69)37-48(36-46)43-69)34-45(2)67(44)71(56-28-31-58-57-30-25-52(49-15-7-5-8-16-49)38-62(57)68(3,4)63(58)40-56)66-32-29-55(39-61(66)51-17-9-6-10-18-51)70-64-21-13-11-19-59(64)60-20-12-14-22-65(60)70/h5-34,38-40,46-48H,35-37,41-43H2,1-4H3. The number of hydrogen-bond acceptors (Lipinski definition) is 1. The van der Waals surface area contributed by atoms with E-state index in [1.807, 2.05) is 0 Å². The van der Waals surface area contributed by atoms with Crippen LogP contribution in [0.1, 0.15) is 80.2 Å². The summed E-state index contributed by atoms with van der Waals surface area (Å²) in [4.78, 5) is 2.58. The zero-order valence-electron chi connectivity index (χ0n) is 41.4. The van der Waals surface area contributed by atoms with Crippen molar-refractivity contribution in [3.05, 3.63) is 228 Å². The fourth-order valence-corrected chi connectivity index (χ4v) is 14.9. The second-order valence-electron chi connectivity index (χ2n) is 22.5. The van der Waals surface area contributed by atoms with E-state index in [0.29, 0.717) is 5.41 Å². The molecule has 1 heterocycles. The minimum atomic E-state index is -0.212. The monoisotopic (exact) mass is 916 g/mol. The van der Waals surface area contributed by atoms with Gasteiger partial charge in [-0.3, -0.25) is 0 Å². The maximum absolute atomic E-state index is 2.58. The number of hydrogen-bond donors (Lipinski definition) is 0. The second-order valence-corrected chi connectivity index (χ2v) is 22.5. The van der Waals surface area contributed by atoms with Crippen LogP contribution in [0.5, 0.6) is 0 Å². The summed E-state index contributed by atoms with van der Waals surface area (Å²) in [6.07, 6.45) is 8.61. The van der Waals surface area contributed by atoms with E-state index >= 15 is 0 Å². The molecule has 0 spiro atoms. The predicted octanol–water partition coefficient (Wildman–Crippen LogP) is 18.6. The normalized spacial score (nSPS) is 20.4. The van der Waals surface area contributed by atoms with Gasteiger partial charge in [0.1, 0.15) is 0 Å². The molecule has 0 radical (unpaired) electrons. The highest BCUT2D eigenvalue weighted by Gasteiger charge is 2.51. The van der Waals surface area contributed by atoms with E-state index < -0.39 is 0 Å². The van der Waals surface area contributed by atoms with Gasteiger partial charge in [0, 0.05) is 33.1 Å². The minimum absolute atomic E-state index is 0.212. The Labute approximate surface area is 419 Å². The van der Waals surface area contributed by atoms with E-state index in [1.165, 1.54) is 133 Å². The number of rotatable bonds is 8. The molecule has 0 saturated heterocycles. The first-order valence-corrected chi connectivity index (χ1v) is 26.2. The summed E-state index contributed by atoms with van der Waals surface area (Å²) < 4.78 is 2.45. The average Bonchev–Trinajstić information content (AvgIpc) is 3.85. The molecule has 346 valence electrons. The Balaban J connectivity index is 0.933. The number of anilines is 3. The largest absolute Gasteiger partial charge is 0.309 e. The van der Waals surface area contributed by atoms with E-state index in [0.717, 1.165) is 34.8 Å². The summed E-state index contributed by atoms with van der Waals surface area (Å²) in [7, 11) is 0. The van der Waals surface area contributed by atoms with Gasteiger partial charge in [-0.1, -0.05) is 153 Å². The lowest BCUT2D eigenvalue weighted by atomic mass is 9.48. The van der Waals surface area contributed by atoms with Crippen LogP contribution >= 0.6 is 0 Å². The van der Waals surface area contributed by atoms with Gasteiger partial charge in [0.15, 0.2) is 0 Å². The summed E-state index contributed by atoms with van der Waals surface area (Å²) in [6, 6.07) is 75.8. The van der Waals surface area contributed by atoms with Crippen molar-refractivity contribution in [2.75, 3.05) is 4.90 Å². The molecule has 0 atom stereocenters. The van der Waals surface area contributed by atoms with E-state index in [1.54, 1.807) is 5.56 Å². The fraction of sp³-hybridized carbons (Fsp3) is 0.217. The Morgan fingerprint density at radius 3 is 1.58 bits per heavy atom. The van der Waals surface area contributed by atoms with Crippen LogP contribution in [-0.4, -0.2) is 4.57 Å². The summed E-state index contributed by atoms with van der Waals surface area (Å²) in [6.45, 7) is 9.48. The quantitative estimate of drug-likeness (QED) is 0.147. The maximum Gasteiger partial charge on any atom is 0.0541 e. The Morgan fingerprint density at radius 1 is 0.437 bits per heavy atom. The smallest absolute Gasteiger partial charge is 0.0541 e. The SMILES string of the molecule is Cc1cc(-c2ccc(C34CC5CC(CC(C5)C3)C4)cc2)cc(C)c1N(c1ccc2c(c1)C(C)(C)c1cc(-c3ccccc3)ccc1-2)c1ccc(-n2c3ccccc3c3ccccc32)cc1-c1ccccc1. The van der Waals surface area contributed by atoms with Gasteiger partial charge in [0.05, 0.1) is 22.4 Å². The number of aromatic nitrogens is 1. The van der Waals surface area contributed by atoms with E-state index in [2.05, 4.69) is 237 Å². The Morgan fingerprint density at radius 2 is 0.958 bits per heavy atom. The molecule has 9 aromatic carbocycles. The van der Waals surface area contributed by atoms with Gasteiger partial charge in [0.25, 0.3) is 0 Å². The summed E-state index contributed by atoms with van der Waals surface area (Å²) in [5.74, 6) is 2.82. The number of nitrogens with zero attached hydrogens (tertiary/aromatic N) is 2. The Kier molecular flexibility index (Phi) is 9.60. The van der Waals surface area contributed by atoms with Crippen LogP contribution in [0.4, 0.5) is 17.1 Å². The van der Waals surface area contributed by atoms with Crippen LogP contribution < -0.4 is 4.90 Å². The van der Waals surface area contributed by atoms with Crippen molar-refractivity contribution in [3.8, 4) is 50.2 Å². The van der Waals surface area contributed by atoms with Crippen LogP contribution in [0.3, 0.4) is 0 Å². The number of fused-ring (bicyclic) bond motifs is 6. The maximum atomic E-state index is 2.58. The molecule has 1 aromatic heterocycles. The fourth-order valence-electron chi connectivity index (χ4n) is 14.9. The molecule has 71 heavy (non-hydrogen) atoms. The van der Waals surface area contributed by atoms with Crippen LogP contribution in [-0.2, 0) is 10.8 Å². The van der Waals surface area contributed by atoms with Gasteiger partial charge >= 0.3 is 0 Å². The zero-order valence-corrected chi connectivity index (χ0v) is 41.4. The van der Waals surface area contributed by atoms with Crippen LogP contribution in [0, 0.1) is 31.6 Å². The molecule has 4 bridgehead atoms. The molecular formula is C69H60N2. The molecular weight excluding hydrogens is 857 g/mol. The molecule has 0 amide bonds. The van der Waals surface area contributed by atoms with Crippen molar-refractivity contribution < 1.29 is 0 Å². The van der Waals surface area contributed by atoms with Gasteiger partial charge in [-0.25, -0.2) is 0 Å². The first-order valence-electron chi connectivity index (χ1n) is 26.2. The summed E-state index contributed by atoms with van der Waals surface area (Å²) in [5.41, 5.74) is 24.2. The number of para-hydroxylation sites is 2. The lowest BCUT2D eigenvalue weighted by molar-refractivity contribution is -0.00518. The van der Waals surface area contributed by atoms with Crippen molar-refractivity contribution >= 4 is 38.9 Å². The molecule has 0 aliphatic heterocycles.